The number of rotatable bonds is 7. The fraction of sp³-hybridized carbons (Fsp3) is 0.636. The summed E-state index contributed by atoms with van der Waals surface area (Å²) in [4.78, 5) is 18.9. The molecule has 33 heavy (non-hydrogen) atoms. The minimum absolute atomic E-state index is 0.0754. The van der Waals surface area contributed by atoms with Crippen LogP contribution in [0.1, 0.15) is 45.1 Å². The maximum absolute atomic E-state index is 12.3. The van der Waals surface area contributed by atoms with Gasteiger partial charge in [-0.05, 0) is 57.9 Å². The predicted octanol–water partition coefficient (Wildman–Crippen LogP) is 5.13. The number of amides is 1. The van der Waals surface area contributed by atoms with Crippen molar-refractivity contribution < 1.29 is 22.7 Å². The molecule has 182 valence electrons. The van der Waals surface area contributed by atoms with Crippen molar-refractivity contribution in [1.82, 2.24) is 15.5 Å². The van der Waals surface area contributed by atoms with Gasteiger partial charge in [-0.25, -0.2) is 9.79 Å². The van der Waals surface area contributed by atoms with Gasteiger partial charge in [0.25, 0.3) is 0 Å². The van der Waals surface area contributed by atoms with Gasteiger partial charge in [-0.15, -0.1) is 0 Å². The molecular weight excluding hydrogens is 480 g/mol. The summed E-state index contributed by atoms with van der Waals surface area (Å²) in [5, 5.41) is 6.60. The number of carbonyl (C=O) groups is 1. The number of halogens is 5. The van der Waals surface area contributed by atoms with Gasteiger partial charge < -0.3 is 15.4 Å². The zero-order valence-corrected chi connectivity index (χ0v) is 20.2. The van der Waals surface area contributed by atoms with Crippen molar-refractivity contribution in [2.45, 2.75) is 69.6 Å². The molecule has 4 aliphatic rings. The van der Waals surface area contributed by atoms with Gasteiger partial charge in [0.1, 0.15) is 5.84 Å². The topological polar surface area (TPSA) is 66.0 Å². The molecule has 0 aromatic heterocycles. The van der Waals surface area contributed by atoms with E-state index in [1.807, 2.05) is 26.0 Å². The number of amidine groups is 1. The van der Waals surface area contributed by atoms with E-state index in [1.54, 1.807) is 6.07 Å². The first-order chi connectivity index (χ1) is 15.2. The van der Waals surface area contributed by atoms with Crippen LogP contribution >= 0.6 is 23.2 Å². The SMILES string of the molecule is CN(Cc1ccc(Cl)c(Cl)c1)C12CC(C3=N[C@@H](OC(=O)NCCC(F)(F)F)C(C)(C)N3)(C1)C2. The highest BCUT2D eigenvalue weighted by molar-refractivity contribution is 6.42. The second-order valence-electron chi connectivity index (χ2n) is 10.0. The van der Waals surface area contributed by atoms with Gasteiger partial charge in [0.2, 0.25) is 6.23 Å². The Morgan fingerprint density at radius 2 is 1.94 bits per heavy atom. The number of ether oxygens (including phenoxy) is 1. The number of carbonyl (C=O) groups excluding carboxylic acids is 1. The summed E-state index contributed by atoms with van der Waals surface area (Å²) in [5.74, 6) is 0.811. The van der Waals surface area contributed by atoms with Crippen LogP contribution in [0.3, 0.4) is 0 Å². The van der Waals surface area contributed by atoms with Crippen molar-refractivity contribution in [2.24, 2.45) is 10.4 Å². The Hall–Kier alpha value is -1.71. The Morgan fingerprint density at radius 1 is 1.27 bits per heavy atom. The molecule has 2 N–H and O–H groups in total. The van der Waals surface area contributed by atoms with Crippen molar-refractivity contribution in [3.05, 3.63) is 33.8 Å². The summed E-state index contributed by atoms with van der Waals surface area (Å²) in [6.07, 6.45) is -4.35. The first-order valence-electron chi connectivity index (χ1n) is 10.8. The average Bonchev–Trinajstić information content (AvgIpc) is 2.89. The Kier molecular flexibility index (Phi) is 6.07. The molecule has 1 heterocycles. The summed E-state index contributed by atoms with van der Waals surface area (Å²) >= 11 is 12.1. The Labute approximate surface area is 200 Å². The van der Waals surface area contributed by atoms with E-state index < -0.39 is 37.0 Å². The van der Waals surface area contributed by atoms with E-state index in [0.29, 0.717) is 10.0 Å². The summed E-state index contributed by atoms with van der Waals surface area (Å²) in [5.41, 5.74) is 0.460. The molecule has 1 amide bonds. The largest absolute Gasteiger partial charge is 0.421 e. The molecule has 2 bridgehead atoms. The number of hydrogen-bond donors (Lipinski definition) is 2. The van der Waals surface area contributed by atoms with E-state index in [-0.39, 0.29) is 11.0 Å². The van der Waals surface area contributed by atoms with Crippen LogP contribution in [-0.2, 0) is 11.3 Å². The van der Waals surface area contributed by atoms with Crippen LogP contribution in [0.2, 0.25) is 10.0 Å². The number of nitrogens with one attached hydrogen (secondary N) is 2. The first-order valence-corrected chi connectivity index (χ1v) is 11.5. The van der Waals surface area contributed by atoms with Crippen LogP contribution in [-0.4, -0.2) is 53.9 Å². The molecule has 3 fully saturated rings. The van der Waals surface area contributed by atoms with Gasteiger partial charge in [-0.3, -0.25) is 4.90 Å². The lowest BCUT2D eigenvalue weighted by Gasteiger charge is -2.73. The van der Waals surface area contributed by atoms with Gasteiger partial charge >= 0.3 is 12.3 Å². The van der Waals surface area contributed by atoms with E-state index >= 15 is 0 Å². The minimum Gasteiger partial charge on any atom is -0.421 e. The Bertz CT molecular complexity index is 963. The monoisotopic (exact) mass is 506 g/mol. The van der Waals surface area contributed by atoms with E-state index in [1.165, 1.54) is 0 Å². The van der Waals surface area contributed by atoms with Crippen molar-refractivity contribution in [2.75, 3.05) is 13.6 Å². The number of nitrogens with zero attached hydrogens (tertiary/aromatic N) is 2. The van der Waals surface area contributed by atoms with Crippen LogP contribution in [0.15, 0.2) is 23.2 Å². The summed E-state index contributed by atoms with van der Waals surface area (Å²) < 4.78 is 42.1. The standard InChI is InChI=1S/C22H27Cl2F3N4O2/c1-19(2)17(33-18(32)28-7-6-22(25,26)27)29-16(30-19)20-10-21(11-20,12-20)31(3)9-13-4-5-14(23)15(24)8-13/h4-5,8,17H,6-7,9-12H2,1-3H3,(H,28,32)(H,29,30)/t17-,20?,21?/m0/s1. The summed E-state index contributed by atoms with van der Waals surface area (Å²) in [6.45, 7) is 3.93. The van der Waals surface area contributed by atoms with Crippen molar-refractivity contribution in [1.29, 1.82) is 0 Å². The van der Waals surface area contributed by atoms with Crippen LogP contribution in [0.5, 0.6) is 0 Å². The molecule has 1 atom stereocenters. The molecule has 1 aliphatic heterocycles. The molecule has 0 spiro atoms. The maximum Gasteiger partial charge on any atom is 0.409 e. The molecular formula is C22H27Cl2F3N4O2. The second kappa shape index (κ2) is 8.20. The third-order valence-corrected chi connectivity index (χ3v) is 7.66. The highest BCUT2D eigenvalue weighted by Crippen LogP contribution is 2.70. The first kappa shape index (κ1) is 24.4. The molecule has 3 saturated carbocycles. The van der Waals surface area contributed by atoms with E-state index in [0.717, 1.165) is 37.2 Å². The molecule has 0 saturated heterocycles. The molecule has 11 heteroatoms. The molecule has 1 aromatic carbocycles. The zero-order chi connectivity index (χ0) is 24.2. The summed E-state index contributed by atoms with van der Waals surface area (Å²) in [6, 6.07) is 5.66. The molecule has 6 nitrogen and oxygen atoms in total. The number of alkyl carbamates (subject to hydrolysis) is 1. The van der Waals surface area contributed by atoms with E-state index in [2.05, 4.69) is 27.6 Å². The van der Waals surface area contributed by atoms with E-state index in [4.69, 9.17) is 27.9 Å². The van der Waals surface area contributed by atoms with Crippen LogP contribution in [0, 0.1) is 5.41 Å². The number of hydrogen-bond acceptors (Lipinski definition) is 5. The normalized spacial score (nSPS) is 29.6. The number of aliphatic imine (C=N–C) groups is 1. The molecule has 1 aromatic rings. The molecule has 3 aliphatic carbocycles. The average molecular weight is 507 g/mol. The minimum atomic E-state index is -4.33. The lowest BCUT2D eigenvalue weighted by Crippen LogP contribution is -2.77. The van der Waals surface area contributed by atoms with Crippen molar-refractivity contribution >= 4 is 35.1 Å². The highest BCUT2D eigenvalue weighted by Gasteiger charge is 2.72. The number of alkyl halides is 3. The second-order valence-corrected chi connectivity index (χ2v) is 10.8. The highest BCUT2D eigenvalue weighted by atomic mass is 35.5. The van der Waals surface area contributed by atoms with Gasteiger partial charge in [0.15, 0.2) is 0 Å². The fourth-order valence-corrected chi connectivity index (χ4v) is 5.36. The lowest BCUT2D eigenvalue weighted by atomic mass is 9.38. The maximum atomic E-state index is 12.3. The van der Waals surface area contributed by atoms with Crippen LogP contribution in [0.25, 0.3) is 0 Å². The quantitative estimate of drug-likeness (QED) is 0.537. The molecule has 5 rings (SSSR count). The third kappa shape index (κ3) is 4.77. The van der Waals surface area contributed by atoms with Crippen molar-refractivity contribution in [3.8, 4) is 0 Å². The van der Waals surface area contributed by atoms with E-state index in [9.17, 15) is 18.0 Å². The van der Waals surface area contributed by atoms with Gasteiger partial charge in [0, 0.05) is 24.0 Å². The smallest absolute Gasteiger partial charge is 0.409 e. The molecule has 0 unspecified atom stereocenters. The van der Waals surface area contributed by atoms with Crippen molar-refractivity contribution in [3.63, 3.8) is 0 Å². The molecule has 0 radical (unpaired) electrons. The fourth-order valence-electron chi connectivity index (χ4n) is 5.04. The number of benzene rings is 1. The van der Waals surface area contributed by atoms with Gasteiger partial charge in [-0.1, -0.05) is 29.3 Å². The van der Waals surface area contributed by atoms with Gasteiger partial charge in [-0.2, -0.15) is 13.2 Å². The van der Waals surface area contributed by atoms with Gasteiger partial charge in [0.05, 0.1) is 22.0 Å². The lowest BCUT2D eigenvalue weighted by molar-refractivity contribution is -0.175. The Morgan fingerprint density at radius 3 is 2.55 bits per heavy atom. The third-order valence-electron chi connectivity index (χ3n) is 6.92. The zero-order valence-electron chi connectivity index (χ0n) is 18.7. The summed E-state index contributed by atoms with van der Waals surface area (Å²) in [7, 11) is 2.09. The Balaban J connectivity index is 1.32. The van der Waals surface area contributed by atoms with Crippen LogP contribution in [0.4, 0.5) is 18.0 Å². The van der Waals surface area contributed by atoms with Crippen LogP contribution < -0.4 is 10.6 Å². The predicted molar refractivity (Wildman–Crippen MR) is 121 cm³/mol.